The topological polar surface area (TPSA) is 20.2 Å². The van der Waals surface area contributed by atoms with Crippen LogP contribution in [-0.2, 0) is 0 Å². The Bertz CT molecular complexity index is 143. The molecule has 0 amide bonds. The summed E-state index contributed by atoms with van der Waals surface area (Å²) in [5.41, 5.74) is 0.728. The third kappa shape index (κ3) is 1.66. The van der Waals surface area contributed by atoms with Gasteiger partial charge in [0, 0.05) is 6.61 Å². The number of aliphatic hydroxyl groups excluding tert-OH is 1. The van der Waals surface area contributed by atoms with Gasteiger partial charge in [0.25, 0.3) is 0 Å². The zero-order valence-electron chi connectivity index (χ0n) is 8.85. The molecule has 1 aliphatic carbocycles. The van der Waals surface area contributed by atoms with Crippen LogP contribution >= 0.6 is 0 Å². The largest absolute Gasteiger partial charge is 0.396 e. The van der Waals surface area contributed by atoms with E-state index in [0.29, 0.717) is 12.0 Å². The van der Waals surface area contributed by atoms with Gasteiger partial charge in [-0.3, -0.25) is 0 Å². The fourth-order valence-electron chi connectivity index (χ4n) is 2.13. The van der Waals surface area contributed by atoms with Crippen LogP contribution in [0.4, 0.5) is 0 Å². The van der Waals surface area contributed by atoms with Crippen molar-refractivity contribution < 1.29 is 5.11 Å². The summed E-state index contributed by atoms with van der Waals surface area (Å²) in [4.78, 5) is 0. The molecule has 1 heteroatoms. The maximum atomic E-state index is 9.22. The first kappa shape index (κ1) is 10.0. The highest BCUT2D eigenvalue weighted by atomic mass is 16.3. The highest BCUT2D eigenvalue weighted by molar-refractivity contribution is 4.96. The summed E-state index contributed by atoms with van der Waals surface area (Å²) in [6.07, 6.45) is 3.59. The predicted molar refractivity (Wildman–Crippen MR) is 52.0 cm³/mol. The van der Waals surface area contributed by atoms with E-state index in [1.54, 1.807) is 0 Å². The molecule has 0 saturated heterocycles. The van der Waals surface area contributed by atoms with E-state index in [9.17, 15) is 5.11 Å². The fraction of sp³-hybridized carbons (Fsp3) is 1.00. The SMILES string of the molecule is CCC1(CO)CC(C(C)(C)C)C1. The molecule has 0 bridgehead atoms. The second kappa shape index (κ2) is 3.02. The molecule has 0 aliphatic heterocycles. The van der Waals surface area contributed by atoms with Gasteiger partial charge in [0.05, 0.1) is 0 Å². The molecule has 0 radical (unpaired) electrons. The Morgan fingerprint density at radius 1 is 1.33 bits per heavy atom. The minimum Gasteiger partial charge on any atom is -0.396 e. The molecule has 0 unspecified atom stereocenters. The van der Waals surface area contributed by atoms with Crippen LogP contribution in [0.1, 0.15) is 47.0 Å². The van der Waals surface area contributed by atoms with E-state index in [-0.39, 0.29) is 5.41 Å². The van der Waals surface area contributed by atoms with Gasteiger partial charge in [0.15, 0.2) is 0 Å². The molecule has 0 atom stereocenters. The Labute approximate surface area is 76.2 Å². The number of hydrogen-bond acceptors (Lipinski definition) is 1. The van der Waals surface area contributed by atoms with Gasteiger partial charge in [-0.1, -0.05) is 27.7 Å². The molecule has 0 aromatic heterocycles. The Morgan fingerprint density at radius 2 is 1.83 bits per heavy atom. The lowest BCUT2D eigenvalue weighted by molar-refractivity contribution is -0.0537. The zero-order chi connectivity index (χ0) is 9.41. The summed E-state index contributed by atoms with van der Waals surface area (Å²) in [6, 6.07) is 0. The minimum absolute atomic E-state index is 0.290. The van der Waals surface area contributed by atoms with E-state index < -0.39 is 0 Å². The van der Waals surface area contributed by atoms with Crippen LogP contribution in [0.25, 0.3) is 0 Å². The van der Waals surface area contributed by atoms with Gasteiger partial charge in [-0.25, -0.2) is 0 Å². The molecule has 1 saturated carbocycles. The van der Waals surface area contributed by atoms with Crippen molar-refractivity contribution >= 4 is 0 Å². The Morgan fingerprint density at radius 3 is 2.08 bits per heavy atom. The van der Waals surface area contributed by atoms with E-state index in [2.05, 4.69) is 27.7 Å². The number of hydrogen-bond donors (Lipinski definition) is 1. The maximum absolute atomic E-state index is 9.22. The van der Waals surface area contributed by atoms with E-state index >= 15 is 0 Å². The number of aliphatic hydroxyl groups is 1. The molecule has 1 aliphatic rings. The molecule has 0 spiro atoms. The lowest BCUT2D eigenvalue weighted by Gasteiger charge is -2.52. The van der Waals surface area contributed by atoms with Crippen LogP contribution in [0.5, 0.6) is 0 Å². The molecule has 1 N–H and O–H groups in total. The monoisotopic (exact) mass is 170 g/mol. The van der Waals surface area contributed by atoms with Gasteiger partial charge >= 0.3 is 0 Å². The maximum Gasteiger partial charge on any atom is 0.0487 e. The van der Waals surface area contributed by atoms with Crippen molar-refractivity contribution in [3.05, 3.63) is 0 Å². The molecular formula is C11H22O. The Balaban J connectivity index is 2.45. The van der Waals surface area contributed by atoms with Gasteiger partial charge in [0.1, 0.15) is 0 Å². The van der Waals surface area contributed by atoms with E-state index in [1.807, 2.05) is 0 Å². The molecule has 1 rings (SSSR count). The predicted octanol–water partition coefficient (Wildman–Crippen LogP) is 2.83. The van der Waals surface area contributed by atoms with Crippen LogP contribution in [0, 0.1) is 16.7 Å². The van der Waals surface area contributed by atoms with Crippen LogP contribution in [0.3, 0.4) is 0 Å². The summed E-state index contributed by atoms with van der Waals surface area (Å²) >= 11 is 0. The van der Waals surface area contributed by atoms with Gasteiger partial charge in [0.2, 0.25) is 0 Å². The Kier molecular flexibility index (Phi) is 2.53. The molecule has 0 aromatic rings. The lowest BCUT2D eigenvalue weighted by atomic mass is 9.54. The fourth-order valence-corrected chi connectivity index (χ4v) is 2.13. The minimum atomic E-state index is 0.290. The van der Waals surface area contributed by atoms with Crippen molar-refractivity contribution in [1.82, 2.24) is 0 Å². The summed E-state index contributed by atoms with van der Waals surface area (Å²) in [6.45, 7) is 9.48. The normalized spacial score (nSPS) is 36.2. The first-order chi connectivity index (χ1) is 5.43. The summed E-state index contributed by atoms with van der Waals surface area (Å²) in [7, 11) is 0. The van der Waals surface area contributed by atoms with Crippen molar-refractivity contribution in [1.29, 1.82) is 0 Å². The molecule has 12 heavy (non-hydrogen) atoms. The molecule has 0 aromatic carbocycles. The molecule has 72 valence electrons. The smallest absolute Gasteiger partial charge is 0.0487 e. The third-order valence-corrected chi connectivity index (χ3v) is 3.67. The van der Waals surface area contributed by atoms with Gasteiger partial charge < -0.3 is 5.11 Å². The van der Waals surface area contributed by atoms with Gasteiger partial charge in [-0.05, 0) is 36.0 Å². The summed E-state index contributed by atoms with van der Waals surface area (Å²) < 4.78 is 0. The summed E-state index contributed by atoms with van der Waals surface area (Å²) in [5.74, 6) is 0.824. The second-order valence-electron chi connectivity index (χ2n) is 5.48. The van der Waals surface area contributed by atoms with Crippen LogP contribution in [0.15, 0.2) is 0 Å². The first-order valence-electron chi connectivity index (χ1n) is 5.04. The van der Waals surface area contributed by atoms with Gasteiger partial charge in [-0.15, -0.1) is 0 Å². The lowest BCUT2D eigenvalue weighted by Crippen LogP contribution is -2.45. The van der Waals surface area contributed by atoms with Crippen LogP contribution < -0.4 is 0 Å². The van der Waals surface area contributed by atoms with E-state index in [0.717, 1.165) is 12.3 Å². The van der Waals surface area contributed by atoms with Crippen molar-refractivity contribution in [3.8, 4) is 0 Å². The molecule has 0 heterocycles. The standard InChI is InChI=1S/C11H22O/c1-5-11(8-12)6-9(7-11)10(2,3)4/h9,12H,5-8H2,1-4H3. The average molecular weight is 170 g/mol. The summed E-state index contributed by atoms with van der Waals surface area (Å²) in [5, 5.41) is 9.22. The third-order valence-electron chi connectivity index (χ3n) is 3.67. The quantitative estimate of drug-likeness (QED) is 0.675. The van der Waals surface area contributed by atoms with E-state index in [1.165, 1.54) is 12.8 Å². The second-order valence-corrected chi connectivity index (χ2v) is 5.48. The van der Waals surface area contributed by atoms with Crippen molar-refractivity contribution in [3.63, 3.8) is 0 Å². The highest BCUT2D eigenvalue weighted by Gasteiger charge is 2.46. The molecule has 1 nitrogen and oxygen atoms in total. The first-order valence-corrected chi connectivity index (χ1v) is 5.04. The van der Waals surface area contributed by atoms with Crippen molar-refractivity contribution in [2.24, 2.45) is 16.7 Å². The Hall–Kier alpha value is -0.0400. The van der Waals surface area contributed by atoms with Crippen molar-refractivity contribution in [2.45, 2.75) is 47.0 Å². The highest BCUT2D eigenvalue weighted by Crippen LogP contribution is 2.54. The zero-order valence-corrected chi connectivity index (χ0v) is 8.85. The van der Waals surface area contributed by atoms with E-state index in [4.69, 9.17) is 0 Å². The molecular weight excluding hydrogens is 148 g/mol. The van der Waals surface area contributed by atoms with Gasteiger partial charge in [-0.2, -0.15) is 0 Å². The molecule has 1 fully saturated rings. The van der Waals surface area contributed by atoms with Crippen molar-refractivity contribution in [2.75, 3.05) is 6.61 Å². The van der Waals surface area contributed by atoms with Crippen LogP contribution in [-0.4, -0.2) is 11.7 Å². The van der Waals surface area contributed by atoms with Crippen LogP contribution in [0.2, 0.25) is 0 Å². The number of rotatable bonds is 2. The average Bonchev–Trinajstić information content (AvgIpc) is 1.85.